The van der Waals surface area contributed by atoms with Crippen LogP contribution in [0, 0.1) is 0 Å². The Kier molecular flexibility index (Phi) is 3.39. The van der Waals surface area contributed by atoms with Gasteiger partial charge in [-0.3, -0.25) is 0 Å². The van der Waals surface area contributed by atoms with E-state index in [0.717, 1.165) is 4.48 Å². The number of hydrogen-bond acceptors (Lipinski definition) is 0. The van der Waals surface area contributed by atoms with Crippen molar-refractivity contribution in [2.45, 2.75) is 6.92 Å². The monoisotopic (exact) mass is 180 g/mol. The van der Waals surface area contributed by atoms with Crippen molar-refractivity contribution in [2.75, 3.05) is 0 Å². The van der Waals surface area contributed by atoms with Crippen LogP contribution in [-0.4, -0.2) is 0 Å². The highest BCUT2D eigenvalue weighted by Gasteiger charge is 1.87. The van der Waals surface area contributed by atoms with Crippen molar-refractivity contribution in [1.82, 2.24) is 0 Å². The molecule has 0 rings (SSSR count). The number of hydrogen-bond donors (Lipinski definition) is 0. The normalized spacial score (nSPS) is 11.6. The standard InChI is InChI=1S/C5H6BrCl/c1-3-5(7)4(2)6/h3H,2H2,1H3. The zero-order valence-electron chi connectivity index (χ0n) is 4.04. The molecule has 0 amide bonds. The summed E-state index contributed by atoms with van der Waals surface area (Å²) >= 11 is 8.62. The second-order valence-electron chi connectivity index (χ2n) is 1.04. The molecule has 0 aliphatic rings. The Hall–Kier alpha value is 0.250. The molecule has 0 aliphatic carbocycles. The summed E-state index contributed by atoms with van der Waals surface area (Å²) in [5, 5.41) is 0.667. The van der Waals surface area contributed by atoms with E-state index in [-0.39, 0.29) is 0 Å². The summed E-state index contributed by atoms with van der Waals surface area (Å²) in [6.07, 6.45) is 1.78. The number of allylic oxidation sites excluding steroid dienone is 3. The van der Waals surface area contributed by atoms with Crippen molar-refractivity contribution in [3.05, 3.63) is 22.2 Å². The molecule has 0 fully saturated rings. The average Bonchev–Trinajstić information content (AvgIpc) is 1.65. The molecule has 0 aromatic heterocycles. The Bertz CT molecular complexity index is 105. The highest BCUT2D eigenvalue weighted by Crippen LogP contribution is 2.17. The van der Waals surface area contributed by atoms with E-state index in [0.29, 0.717) is 5.03 Å². The van der Waals surface area contributed by atoms with Crippen LogP contribution < -0.4 is 0 Å². The van der Waals surface area contributed by atoms with E-state index < -0.39 is 0 Å². The summed E-state index contributed by atoms with van der Waals surface area (Å²) in [6, 6.07) is 0. The lowest BCUT2D eigenvalue weighted by Crippen LogP contribution is -1.62. The molecule has 0 heterocycles. The van der Waals surface area contributed by atoms with Gasteiger partial charge in [-0.25, -0.2) is 0 Å². The lowest BCUT2D eigenvalue weighted by molar-refractivity contribution is 1.70. The van der Waals surface area contributed by atoms with Crippen LogP contribution in [0.2, 0.25) is 0 Å². The molecule has 0 N–H and O–H groups in total. The van der Waals surface area contributed by atoms with E-state index in [1.54, 1.807) is 6.08 Å². The van der Waals surface area contributed by atoms with Crippen LogP contribution >= 0.6 is 27.5 Å². The van der Waals surface area contributed by atoms with Crippen LogP contribution in [0.5, 0.6) is 0 Å². The van der Waals surface area contributed by atoms with Gasteiger partial charge in [0.05, 0.1) is 0 Å². The van der Waals surface area contributed by atoms with Gasteiger partial charge in [-0.2, -0.15) is 0 Å². The Balaban J connectivity index is 3.82. The van der Waals surface area contributed by atoms with Crippen LogP contribution in [0.25, 0.3) is 0 Å². The molecule has 0 aliphatic heterocycles. The lowest BCUT2D eigenvalue weighted by atomic mass is 10.5. The van der Waals surface area contributed by atoms with Gasteiger partial charge < -0.3 is 0 Å². The first-order valence-corrected chi connectivity index (χ1v) is 3.02. The van der Waals surface area contributed by atoms with Crippen LogP contribution in [0.15, 0.2) is 22.2 Å². The zero-order valence-corrected chi connectivity index (χ0v) is 6.38. The van der Waals surface area contributed by atoms with Gasteiger partial charge in [-0.15, -0.1) is 0 Å². The van der Waals surface area contributed by atoms with E-state index in [9.17, 15) is 0 Å². The molecule has 0 saturated carbocycles. The van der Waals surface area contributed by atoms with Crippen LogP contribution in [0.4, 0.5) is 0 Å². The van der Waals surface area contributed by atoms with E-state index in [1.165, 1.54) is 0 Å². The molecule has 2 heteroatoms. The third-order valence-corrected chi connectivity index (χ3v) is 1.61. The zero-order chi connectivity index (χ0) is 5.86. The summed E-state index contributed by atoms with van der Waals surface area (Å²) < 4.78 is 0.733. The molecule has 0 radical (unpaired) electrons. The Morgan fingerprint density at radius 1 is 1.86 bits per heavy atom. The minimum absolute atomic E-state index is 0.667. The fraction of sp³-hybridized carbons (Fsp3) is 0.200. The third-order valence-electron chi connectivity index (χ3n) is 0.513. The number of rotatable bonds is 1. The molecule has 0 atom stereocenters. The van der Waals surface area contributed by atoms with E-state index in [2.05, 4.69) is 22.5 Å². The Morgan fingerprint density at radius 3 is 2.29 bits per heavy atom. The topological polar surface area (TPSA) is 0 Å². The summed E-state index contributed by atoms with van der Waals surface area (Å²) in [4.78, 5) is 0. The third kappa shape index (κ3) is 2.89. The minimum Gasteiger partial charge on any atom is -0.0835 e. The minimum atomic E-state index is 0.667. The van der Waals surface area contributed by atoms with Crippen molar-refractivity contribution < 1.29 is 0 Å². The summed E-state index contributed by atoms with van der Waals surface area (Å²) in [5.74, 6) is 0. The van der Waals surface area contributed by atoms with Crippen LogP contribution in [-0.2, 0) is 0 Å². The molecule has 0 nitrogen and oxygen atoms in total. The second-order valence-corrected chi connectivity index (χ2v) is 2.41. The molecular formula is C5H6BrCl. The van der Waals surface area contributed by atoms with E-state index in [4.69, 9.17) is 11.6 Å². The molecule has 40 valence electrons. The first-order valence-electron chi connectivity index (χ1n) is 1.85. The first-order chi connectivity index (χ1) is 3.18. The first kappa shape index (κ1) is 7.25. The molecule has 0 aromatic carbocycles. The quantitative estimate of drug-likeness (QED) is 0.546. The summed E-state index contributed by atoms with van der Waals surface area (Å²) in [7, 11) is 0. The molecule has 0 unspecified atom stereocenters. The van der Waals surface area contributed by atoms with Crippen LogP contribution in [0.3, 0.4) is 0 Å². The van der Waals surface area contributed by atoms with Crippen molar-refractivity contribution in [3.63, 3.8) is 0 Å². The van der Waals surface area contributed by atoms with Gasteiger partial charge in [-0.1, -0.05) is 24.3 Å². The maximum Gasteiger partial charge on any atom is 0.0499 e. The van der Waals surface area contributed by atoms with Gasteiger partial charge in [0, 0.05) is 9.51 Å². The largest absolute Gasteiger partial charge is 0.0835 e. The SMILES string of the molecule is C=C(Br)C(Cl)=CC. The highest BCUT2D eigenvalue weighted by molar-refractivity contribution is 9.12. The second kappa shape index (κ2) is 3.28. The van der Waals surface area contributed by atoms with Crippen molar-refractivity contribution in [3.8, 4) is 0 Å². The predicted octanol–water partition coefficient (Wildman–Crippen LogP) is 3.04. The van der Waals surface area contributed by atoms with Crippen LogP contribution in [0.1, 0.15) is 6.92 Å². The average molecular weight is 181 g/mol. The Labute approximate surface area is 57.0 Å². The Morgan fingerprint density at radius 2 is 2.29 bits per heavy atom. The highest BCUT2D eigenvalue weighted by atomic mass is 79.9. The van der Waals surface area contributed by atoms with Gasteiger partial charge in [0.15, 0.2) is 0 Å². The molecular weight excluding hydrogens is 175 g/mol. The van der Waals surface area contributed by atoms with Crippen molar-refractivity contribution in [2.24, 2.45) is 0 Å². The van der Waals surface area contributed by atoms with Gasteiger partial charge >= 0.3 is 0 Å². The summed E-state index contributed by atoms with van der Waals surface area (Å²) in [6.45, 7) is 5.40. The summed E-state index contributed by atoms with van der Waals surface area (Å²) in [5.41, 5.74) is 0. The molecule has 7 heavy (non-hydrogen) atoms. The van der Waals surface area contributed by atoms with Gasteiger partial charge in [-0.05, 0) is 22.9 Å². The van der Waals surface area contributed by atoms with E-state index in [1.807, 2.05) is 6.92 Å². The van der Waals surface area contributed by atoms with Crippen molar-refractivity contribution >= 4 is 27.5 Å². The predicted molar refractivity (Wildman–Crippen MR) is 37.7 cm³/mol. The molecule has 0 spiro atoms. The molecule has 0 saturated heterocycles. The number of halogens is 2. The maximum atomic E-state index is 5.51. The van der Waals surface area contributed by atoms with Crippen molar-refractivity contribution in [1.29, 1.82) is 0 Å². The lowest BCUT2D eigenvalue weighted by Gasteiger charge is -1.86. The molecule has 0 aromatic rings. The van der Waals surface area contributed by atoms with Gasteiger partial charge in [0.1, 0.15) is 0 Å². The van der Waals surface area contributed by atoms with Gasteiger partial charge in [0.2, 0.25) is 0 Å². The fourth-order valence-electron chi connectivity index (χ4n) is 0.157. The maximum absolute atomic E-state index is 5.51. The smallest absolute Gasteiger partial charge is 0.0499 e. The van der Waals surface area contributed by atoms with Gasteiger partial charge in [0.25, 0.3) is 0 Å². The van der Waals surface area contributed by atoms with E-state index >= 15 is 0 Å². The fourth-order valence-corrected chi connectivity index (χ4v) is 0.386. The molecule has 0 bridgehead atoms.